The molecule has 1 aromatic rings. The largest absolute Gasteiger partial charge is 0.482 e. The molecule has 1 fully saturated rings. The van der Waals surface area contributed by atoms with Crippen molar-refractivity contribution in [3.8, 4) is 5.75 Å². The summed E-state index contributed by atoms with van der Waals surface area (Å²) >= 11 is 0. The molecule has 0 saturated carbocycles. The minimum atomic E-state index is -1.02. The second-order valence-corrected chi connectivity index (χ2v) is 5.66. The number of nitrogens with zero attached hydrogens (tertiary/aromatic N) is 1. The first-order chi connectivity index (χ1) is 11.1. The van der Waals surface area contributed by atoms with Crippen molar-refractivity contribution in [1.82, 2.24) is 0 Å². The molecule has 23 heavy (non-hydrogen) atoms. The first-order valence-corrected chi connectivity index (χ1v) is 7.89. The zero-order valence-corrected chi connectivity index (χ0v) is 13.4. The minimum absolute atomic E-state index is 0.0402. The molecule has 1 heterocycles. The van der Waals surface area contributed by atoms with Crippen molar-refractivity contribution in [1.29, 1.82) is 0 Å². The van der Waals surface area contributed by atoms with Gasteiger partial charge in [0.2, 0.25) is 5.91 Å². The lowest BCUT2D eigenvalue weighted by atomic mass is 10.0. The van der Waals surface area contributed by atoms with Crippen LogP contribution in [0.4, 0.5) is 5.69 Å². The number of carbonyl (C=O) groups excluding carboxylic acids is 1. The van der Waals surface area contributed by atoms with Crippen LogP contribution in [0.5, 0.6) is 5.75 Å². The molecule has 0 spiro atoms. The molecule has 1 saturated heterocycles. The summed E-state index contributed by atoms with van der Waals surface area (Å²) in [6, 6.07) is 6.80. The number of carboxylic acids is 1. The number of hydrogen-bond donors (Lipinski definition) is 1. The van der Waals surface area contributed by atoms with E-state index in [0.29, 0.717) is 12.2 Å². The van der Waals surface area contributed by atoms with Crippen LogP contribution in [-0.2, 0) is 14.3 Å². The molecule has 0 bridgehead atoms. The van der Waals surface area contributed by atoms with Crippen LogP contribution >= 0.6 is 0 Å². The monoisotopic (exact) mass is 321 g/mol. The van der Waals surface area contributed by atoms with Crippen LogP contribution in [-0.4, -0.2) is 43.3 Å². The highest BCUT2D eigenvalue weighted by molar-refractivity contribution is 5.92. The molecule has 1 unspecified atom stereocenters. The number of benzene rings is 1. The van der Waals surface area contributed by atoms with Crippen LogP contribution in [0.3, 0.4) is 0 Å². The molecule has 2 rings (SSSR count). The zero-order valence-electron chi connectivity index (χ0n) is 13.4. The van der Waals surface area contributed by atoms with Gasteiger partial charge in [-0.1, -0.05) is 0 Å². The third kappa shape index (κ3) is 5.56. The highest BCUT2D eigenvalue weighted by atomic mass is 16.5. The highest BCUT2D eigenvalue weighted by Crippen LogP contribution is 2.21. The molecule has 126 valence electrons. The van der Waals surface area contributed by atoms with Gasteiger partial charge in [0.1, 0.15) is 5.75 Å². The molecule has 6 nitrogen and oxygen atoms in total. The van der Waals surface area contributed by atoms with Gasteiger partial charge < -0.3 is 19.5 Å². The number of rotatable bonds is 7. The van der Waals surface area contributed by atoms with Crippen LogP contribution in [0.1, 0.15) is 32.1 Å². The van der Waals surface area contributed by atoms with Crippen molar-refractivity contribution in [2.75, 3.05) is 25.2 Å². The third-order valence-electron chi connectivity index (χ3n) is 3.91. The van der Waals surface area contributed by atoms with Gasteiger partial charge in [-0.3, -0.25) is 4.79 Å². The van der Waals surface area contributed by atoms with Crippen molar-refractivity contribution in [2.24, 2.45) is 0 Å². The fraction of sp³-hybridized carbons (Fsp3) is 0.529. The number of carboxylic acid groups (broad SMARTS) is 1. The van der Waals surface area contributed by atoms with E-state index in [0.717, 1.165) is 31.6 Å². The first-order valence-electron chi connectivity index (χ1n) is 7.89. The molecule has 6 heteroatoms. The summed E-state index contributed by atoms with van der Waals surface area (Å²) in [5.41, 5.74) is 0.752. The predicted molar refractivity (Wildman–Crippen MR) is 85.8 cm³/mol. The summed E-state index contributed by atoms with van der Waals surface area (Å²) in [5, 5.41) is 8.57. The minimum Gasteiger partial charge on any atom is -0.482 e. The van der Waals surface area contributed by atoms with Crippen molar-refractivity contribution in [3.05, 3.63) is 24.3 Å². The maximum Gasteiger partial charge on any atom is 0.341 e. The quantitative estimate of drug-likeness (QED) is 0.835. The summed E-state index contributed by atoms with van der Waals surface area (Å²) in [6.45, 7) is 0.419. The van der Waals surface area contributed by atoms with Crippen molar-refractivity contribution >= 4 is 17.6 Å². The summed E-state index contributed by atoms with van der Waals surface area (Å²) in [6.07, 6.45) is 4.73. The Labute approximate surface area is 136 Å². The van der Waals surface area contributed by atoms with Crippen LogP contribution in [0, 0.1) is 0 Å². The maximum absolute atomic E-state index is 12.2. The Balaban J connectivity index is 1.82. The second kappa shape index (κ2) is 8.53. The number of aliphatic carboxylic acids is 1. The van der Waals surface area contributed by atoms with E-state index in [1.165, 1.54) is 6.42 Å². The Morgan fingerprint density at radius 3 is 2.65 bits per heavy atom. The van der Waals surface area contributed by atoms with Gasteiger partial charge in [-0.15, -0.1) is 0 Å². The molecule has 1 aliphatic heterocycles. The van der Waals surface area contributed by atoms with Gasteiger partial charge in [0, 0.05) is 25.8 Å². The van der Waals surface area contributed by atoms with Gasteiger partial charge in [-0.25, -0.2) is 4.79 Å². The number of anilines is 1. The lowest BCUT2D eigenvalue weighted by molar-refractivity contribution is -0.139. The number of ether oxygens (including phenoxy) is 2. The predicted octanol–water partition coefficient (Wildman–Crippen LogP) is 2.46. The molecule has 1 amide bonds. The van der Waals surface area contributed by atoms with Crippen molar-refractivity contribution in [3.63, 3.8) is 0 Å². The van der Waals surface area contributed by atoms with E-state index >= 15 is 0 Å². The molecular formula is C17H23NO5. The summed E-state index contributed by atoms with van der Waals surface area (Å²) in [4.78, 5) is 24.3. The van der Waals surface area contributed by atoms with Crippen LogP contribution in [0.25, 0.3) is 0 Å². The van der Waals surface area contributed by atoms with Crippen LogP contribution in [0.15, 0.2) is 24.3 Å². The first kappa shape index (κ1) is 17.3. The molecule has 1 aliphatic rings. The van der Waals surface area contributed by atoms with Gasteiger partial charge in [0.05, 0.1) is 6.10 Å². The average Bonchev–Trinajstić information content (AvgIpc) is 2.58. The third-order valence-corrected chi connectivity index (χ3v) is 3.91. The topological polar surface area (TPSA) is 76.1 Å². The van der Waals surface area contributed by atoms with E-state index in [1.54, 1.807) is 36.2 Å². The normalized spacial score (nSPS) is 17.5. The highest BCUT2D eigenvalue weighted by Gasteiger charge is 2.17. The van der Waals surface area contributed by atoms with Gasteiger partial charge in [0.15, 0.2) is 6.61 Å². The Kier molecular flexibility index (Phi) is 6.40. The Morgan fingerprint density at radius 1 is 1.30 bits per heavy atom. The molecular weight excluding hydrogens is 298 g/mol. The second-order valence-electron chi connectivity index (χ2n) is 5.66. The maximum atomic E-state index is 12.2. The summed E-state index contributed by atoms with van der Waals surface area (Å²) in [5.74, 6) is -0.516. The standard InChI is InChI=1S/C17H23NO5/c1-18(16(19)10-9-14-4-2-3-11-22-14)13-5-7-15(8-6-13)23-12-17(20)21/h5-8,14H,2-4,9-12H2,1H3,(H,20,21). The van der Waals surface area contributed by atoms with E-state index in [4.69, 9.17) is 14.6 Å². The van der Waals surface area contributed by atoms with Gasteiger partial charge in [-0.05, 0) is 49.9 Å². The molecule has 0 radical (unpaired) electrons. The van der Waals surface area contributed by atoms with Gasteiger partial charge >= 0.3 is 5.97 Å². The molecule has 1 N–H and O–H groups in total. The van der Waals surface area contributed by atoms with Crippen molar-refractivity contribution in [2.45, 2.75) is 38.2 Å². The molecule has 1 atom stereocenters. The van der Waals surface area contributed by atoms with Gasteiger partial charge in [-0.2, -0.15) is 0 Å². The van der Waals surface area contributed by atoms with E-state index in [-0.39, 0.29) is 18.6 Å². The fourth-order valence-corrected chi connectivity index (χ4v) is 2.54. The fourth-order valence-electron chi connectivity index (χ4n) is 2.54. The molecule has 1 aromatic carbocycles. The van der Waals surface area contributed by atoms with E-state index in [2.05, 4.69) is 0 Å². The zero-order chi connectivity index (χ0) is 16.7. The Hall–Kier alpha value is -2.08. The average molecular weight is 321 g/mol. The molecule has 0 aromatic heterocycles. The van der Waals surface area contributed by atoms with Crippen LogP contribution < -0.4 is 9.64 Å². The van der Waals surface area contributed by atoms with Gasteiger partial charge in [0.25, 0.3) is 0 Å². The van der Waals surface area contributed by atoms with E-state index in [9.17, 15) is 9.59 Å². The Morgan fingerprint density at radius 2 is 2.04 bits per heavy atom. The van der Waals surface area contributed by atoms with E-state index < -0.39 is 5.97 Å². The Bertz CT molecular complexity index is 522. The number of carbonyl (C=O) groups is 2. The van der Waals surface area contributed by atoms with E-state index in [1.807, 2.05) is 0 Å². The van der Waals surface area contributed by atoms with Crippen molar-refractivity contribution < 1.29 is 24.2 Å². The molecule has 0 aliphatic carbocycles. The lowest BCUT2D eigenvalue weighted by Crippen LogP contribution is -2.28. The van der Waals surface area contributed by atoms with Crippen LogP contribution in [0.2, 0.25) is 0 Å². The number of hydrogen-bond acceptors (Lipinski definition) is 4. The summed E-state index contributed by atoms with van der Waals surface area (Å²) in [7, 11) is 1.73. The number of amides is 1. The lowest BCUT2D eigenvalue weighted by Gasteiger charge is -2.23. The summed E-state index contributed by atoms with van der Waals surface area (Å²) < 4.78 is 10.7. The smallest absolute Gasteiger partial charge is 0.341 e. The SMILES string of the molecule is CN(C(=O)CCC1CCCCO1)c1ccc(OCC(=O)O)cc1.